The number of aryl methyl sites for hydroxylation is 1. The second-order valence-electron chi connectivity index (χ2n) is 6.16. The Kier molecular flexibility index (Phi) is 6.59. The number of ether oxygens (including phenoxy) is 2. The molecule has 0 aromatic heterocycles. The van der Waals surface area contributed by atoms with E-state index in [1.807, 2.05) is 6.92 Å². The molecule has 0 saturated heterocycles. The molecule has 0 amide bonds. The molecule has 0 N–H and O–H groups in total. The summed E-state index contributed by atoms with van der Waals surface area (Å²) in [5.74, 6) is 0. The van der Waals surface area contributed by atoms with Crippen molar-refractivity contribution in [1.82, 2.24) is 0 Å². The number of rotatable bonds is 6. The molecule has 0 heterocycles. The van der Waals surface area contributed by atoms with Crippen LogP contribution in [0, 0.1) is 0 Å². The van der Waals surface area contributed by atoms with E-state index in [9.17, 15) is 0 Å². The lowest BCUT2D eigenvalue weighted by Gasteiger charge is -2.44. The molecule has 0 fully saturated rings. The maximum atomic E-state index is 4.83. The normalized spacial score (nSPS) is 17.9. The standard InChI is InChI=1S/C17H18.C5H12O2/c1-3-13-10-11-15-12-16(13)17(15,4-2)14-8-6-5-7-9-14;1-4-5(6-2)7-3/h5-12H,3-4H2,1-2H3;5H,4H2,1-3H3. The largest absolute Gasteiger partial charge is 0.356 e. The van der Waals surface area contributed by atoms with E-state index in [0.29, 0.717) is 0 Å². The van der Waals surface area contributed by atoms with E-state index in [2.05, 4.69) is 62.4 Å². The van der Waals surface area contributed by atoms with Gasteiger partial charge < -0.3 is 9.47 Å². The second kappa shape index (κ2) is 8.46. The van der Waals surface area contributed by atoms with Gasteiger partial charge in [0.15, 0.2) is 6.29 Å². The summed E-state index contributed by atoms with van der Waals surface area (Å²) in [5.41, 5.74) is 6.18. The summed E-state index contributed by atoms with van der Waals surface area (Å²) >= 11 is 0. The van der Waals surface area contributed by atoms with Gasteiger partial charge in [-0.1, -0.05) is 69.3 Å². The maximum absolute atomic E-state index is 4.83. The predicted octanol–water partition coefficient (Wildman–Crippen LogP) is 5.32. The Morgan fingerprint density at radius 1 is 0.875 bits per heavy atom. The van der Waals surface area contributed by atoms with Crippen molar-refractivity contribution in [2.24, 2.45) is 0 Å². The second-order valence-corrected chi connectivity index (χ2v) is 6.16. The lowest BCUT2D eigenvalue weighted by atomic mass is 9.59. The van der Waals surface area contributed by atoms with Crippen LogP contribution in [0.5, 0.6) is 0 Å². The lowest BCUT2D eigenvalue weighted by molar-refractivity contribution is -0.103. The zero-order chi connectivity index (χ0) is 17.6. The van der Waals surface area contributed by atoms with Crippen LogP contribution in [0.2, 0.25) is 0 Å². The van der Waals surface area contributed by atoms with Gasteiger partial charge in [-0.25, -0.2) is 0 Å². The summed E-state index contributed by atoms with van der Waals surface area (Å²) < 4.78 is 9.65. The molecule has 2 aromatic carbocycles. The van der Waals surface area contributed by atoms with E-state index >= 15 is 0 Å². The molecule has 2 heteroatoms. The molecule has 2 aliphatic carbocycles. The van der Waals surface area contributed by atoms with Gasteiger partial charge in [0.1, 0.15) is 0 Å². The number of fused-ring (bicyclic) bond motifs is 2. The Morgan fingerprint density at radius 3 is 1.96 bits per heavy atom. The Balaban J connectivity index is 0.000000256. The fourth-order valence-electron chi connectivity index (χ4n) is 3.70. The van der Waals surface area contributed by atoms with Crippen molar-refractivity contribution in [2.75, 3.05) is 14.2 Å². The van der Waals surface area contributed by atoms with Crippen molar-refractivity contribution in [3.05, 3.63) is 70.8 Å². The van der Waals surface area contributed by atoms with Gasteiger partial charge in [0, 0.05) is 19.6 Å². The predicted molar refractivity (Wildman–Crippen MR) is 101 cm³/mol. The first-order valence-corrected chi connectivity index (χ1v) is 8.92. The fourth-order valence-corrected chi connectivity index (χ4v) is 3.70. The summed E-state index contributed by atoms with van der Waals surface area (Å²) in [7, 11) is 3.27. The van der Waals surface area contributed by atoms with Crippen LogP contribution in [0.15, 0.2) is 48.5 Å². The van der Waals surface area contributed by atoms with E-state index < -0.39 is 0 Å². The van der Waals surface area contributed by atoms with E-state index in [1.54, 1.807) is 19.8 Å². The summed E-state index contributed by atoms with van der Waals surface area (Å²) in [6, 6.07) is 17.9. The van der Waals surface area contributed by atoms with Gasteiger partial charge in [0.2, 0.25) is 0 Å². The smallest absolute Gasteiger partial charge is 0.156 e. The monoisotopic (exact) mass is 326 g/mol. The number of hydrogen-bond acceptors (Lipinski definition) is 2. The van der Waals surface area contributed by atoms with Crippen LogP contribution in [0.25, 0.3) is 0 Å². The Labute approximate surface area is 146 Å². The maximum Gasteiger partial charge on any atom is 0.156 e. The van der Waals surface area contributed by atoms with Crippen molar-refractivity contribution in [3.8, 4) is 0 Å². The third kappa shape index (κ3) is 3.26. The van der Waals surface area contributed by atoms with E-state index in [4.69, 9.17) is 9.47 Å². The van der Waals surface area contributed by atoms with Crippen LogP contribution in [0.4, 0.5) is 0 Å². The summed E-state index contributed by atoms with van der Waals surface area (Å²) in [6.07, 6.45) is 3.18. The van der Waals surface area contributed by atoms with Gasteiger partial charge in [-0.3, -0.25) is 0 Å². The molecule has 2 aliphatic rings. The third-order valence-electron chi connectivity index (χ3n) is 5.10. The van der Waals surface area contributed by atoms with E-state index in [0.717, 1.165) is 19.3 Å². The quantitative estimate of drug-likeness (QED) is 0.669. The topological polar surface area (TPSA) is 18.5 Å². The molecule has 2 aromatic rings. The molecule has 2 bridgehead atoms. The highest BCUT2D eigenvalue weighted by molar-refractivity contribution is 5.62. The average molecular weight is 326 g/mol. The number of benzene rings is 2. The molecule has 130 valence electrons. The Bertz CT molecular complexity index is 622. The van der Waals surface area contributed by atoms with Crippen LogP contribution >= 0.6 is 0 Å². The van der Waals surface area contributed by atoms with Gasteiger partial charge in [-0.05, 0) is 41.5 Å². The first kappa shape index (κ1) is 18.7. The van der Waals surface area contributed by atoms with Crippen molar-refractivity contribution in [3.63, 3.8) is 0 Å². The molecule has 1 atom stereocenters. The van der Waals surface area contributed by atoms with Crippen molar-refractivity contribution < 1.29 is 9.47 Å². The van der Waals surface area contributed by atoms with E-state index in [1.165, 1.54) is 16.7 Å². The van der Waals surface area contributed by atoms with Crippen LogP contribution in [0.3, 0.4) is 0 Å². The van der Waals surface area contributed by atoms with Crippen molar-refractivity contribution >= 4 is 0 Å². The summed E-state index contributed by atoms with van der Waals surface area (Å²) in [4.78, 5) is 0. The minimum atomic E-state index is -0.0139. The highest BCUT2D eigenvalue weighted by Gasteiger charge is 2.42. The number of hydrogen-bond donors (Lipinski definition) is 0. The SMILES string of the molecule is CCC(OC)OC.CCc1ccc2cc1C2(CC)c1ccccc1. The fraction of sp³-hybridized carbons (Fsp3) is 0.455. The molecular formula is C22H30O2. The molecule has 4 rings (SSSR count). The van der Waals surface area contributed by atoms with Crippen LogP contribution in [-0.2, 0) is 21.3 Å². The highest BCUT2D eigenvalue weighted by Crippen LogP contribution is 2.51. The molecule has 0 aliphatic heterocycles. The molecular weight excluding hydrogens is 296 g/mol. The van der Waals surface area contributed by atoms with Gasteiger partial charge in [-0.15, -0.1) is 0 Å². The first-order valence-electron chi connectivity index (χ1n) is 8.92. The molecule has 0 spiro atoms. The molecule has 1 unspecified atom stereocenters. The van der Waals surface area contributed by atoms with E-state index in [-0.39, 0.29) is 11.7 Å². The average Bonchev–Trinajstić information content (AvgIpc) is 2.65. The summed E-state index contributed by atoms with van der Waals surface area (Å²) in [6.45, 7) is 6.55. The van der Waals surface area contributed by atoms with Crippen molar-refractivity contribution in [2.45, 2.75) is 51.7 Å². The van der Waals surface area contributed by atoms with Gasteiger partial charge in [0.05, 0.1) is 0 Å². The van der Waals surface area contributed by atoms with Crippen molar-refractivity contribution in [1.29, 1.82) is 0 Å². The first-order chi connectivity index (χ1) is 11.7. The minimum absolute atomic E-state index is 0.0139. The third-order valence-corrected chi connectivity index (χ3v) is 5.10. The number of methoxy groups -OCH3 is 2. The zero-order valence-corrected chi connectivity index (χ0v) is 15.6. The van der Waals surface area contributed by atoms with Gasteiger partial charge in [0.25, 0.3) is 0 Å². The molecule has 0 saturated carbocycles. The zero-order valence-electron chi connectivity index (χ0n) is 15.6. The van der Waals surface area contributed by atoms with Gasteiger partial charge in [-0.2, -0.15) is 0 Å². The molecule has 2 nitrogen and oxygen atoms in total. The Morgan fingerprint density at radius 2 is 1.54 bits per heavy atom. The van der Waals surface area contributed by atoms with Gasteiger partial charge >= 0.3 is 0 Å². The Hall–Kier alpha value is -1.64. The summed E-state index contributed by atoms with van der Waals surface area (Å²) in [5, 5.41) is 0. The molecule has 0 radical (unpaired) electrons. The minimum Gasteiger partial charge on any atom is -0.356 e. The highest BCUT2D eigenvalue weighted by atomic mass is 16.7. The van der Waals surface area contributed by atoms with Crippen LogP contribution in [0.1, 0.15) is 55.9 Å². The lowest BCUT2D eigenvalue weighted by Crippen LogP contribution is -2.36. The van der Waals surface area contributed by atoms with Crippen LogP contribution in [-0.4, -0.2) is 20.5 Å². The molecule has 24 heavy (non-hydrogen) atoms. The van der Waals surface area contributed by atoms with Crippen LogP contribution < -0.4 is 0 Å².